The molecule has 0 saturated carbocycles. The van der Waals surface area contributed by atoms with Crippen LogP contribution in [0.4, 0.5) is 0 Å². The van der Waals surface area contributed by atoms with Crippen LogP contribution in [0.1, 0.15) is 36.5 Å². The first-order valence-electron chi connectivity index (χ1n) is 9.04. The molecular formula is C18H24N2O4S. The molecule has 2 saturated heterocycles. The molecule has 0 bridgehead atoms. The minimum Gasteiger partial charge on any atom is -0.363 e. The lowest BCUT2D eigenvalue weighted by molar-refractivity contribution is -0.147. The first-order chi connectivity index (χ1) is 12.1. The molecule has 1 aromatic rings. The lowest BCUT2D eigenvalue weighted by atomic mass is 9.96. The smallest absolute Gasteiger partial charge is 0.256 e. The summed E-state index contributed by atoms with van der Waals surface area (Å²) in [5.41, 5.74) is 2.12. The zero-order valence-electron chi connectivity index (χ0n) is 14.3. The van der Waals surface area contributed by atoms with Gasteiger partial charge in [-0.25, -0.2) is 8.42 Å². The third kappa shape index (κ3) is 3.20. The van der Waals surface area contributed by atoms with Crippen molar-refractivity contribution >= 4 is 15.9 Å². The van der Waals surface area contributed by atoms with Crippen LogP contribution in [0, 0.1) is 0 Å². The summed E-state index contributed by atoms with van der Waals surface area (Å²) in [5.74, 6) is 0.199. The Morgan fingerprint density at radius 2 is 2.00 bits per heavy atom. The van der Waals surface area contributed by atoms with Crippen molar-refractivity contribution < 1.29 is 17.9 Å². The highest BCUT2D eigenvalue weighted by molar-refractivity contribution is 7.89. The predicted molar refractivity (Wildman–Crippen MR) is 93.6 cm³/mol. The highest BCUT2D eigenvalue weighted by Gasteiger charge is 2.39. The summed E-state index contributed by atoms with van der Waals surface area (Å²) >= 11 is 0. The quantitative estimate of drug-likeness (QED) is 0.794. The second kappa shape index (κ2) is 6.70. The molecule has 0 aliphatic carbocycles. The molecule has 2 unspecified atom stereocenters. The maximum absolute atomic E-state index is 13.1. The van der Waals surface area contributed by atoms with E-state index in [2.05, 4.69) is 0 Å². The second-order valence-corrected chi connectivity index (χ2v) is 9.10. The molecule has 0 N–H and O–H groups in total. The maximum atomic E-state index is 13.1. The van der Waals surface area contributed by atoms with E-state index in [0.29, 0.717) is 32.7 Å². The maximum Gasteiger partial charge on any atom is 0.256 e. The summed E-state index contributed by atoms with van der Waals surface area (Å²) < 4.78 is 31.8. The Hall–Kier alpha value is -1.44. The Bertz CT molecular complexity index is 764. The molecule has 4 rings (SSSR count). The van der Waals surface area contributed by atoms with Crippen LogP contribution in [0.15, 0.2) is 24.3 Å². The van der Waals surface area contributed by atoms with Crippen molar-refractivity contribution in [3.63, 3.8) is 0 Å². The average molecular weight is 364 g/mol. The molecule has 2 fully saturated rings. The van der Waals surface area contributed by atoms with E-state index in [4.69, 9.17) is 4.74 Å². The standard InChI is InChI=1S/C18H24N2O4S/c21-18(17-16-7-2-1-5-14(16)8-11-24-17)19-9-3-6-15(13-19)20-10-4-12-25(20,22)23/h1-2,5,7,15,17H,3-4,6,8-13H2. The van der Waals surface area contributed by atoms with E-state index in [9.17, 15) is 13.2 Å². The average Bonchev–Trinajstić information content (AvgIpc) is 3.00. The zero-order valence-corrected chi connectivity index (χ0v) is 15.1. The van der Waals surface area contributed by atoms with Crippen LogP contribution in [0.2, 0.25) is 0 Å². The fourth-order valence-corrected chi connectivity index (χ4v) is 5.99. The summed E-state index contributed by atoms with van der Waals surface area (Å²) in [4.78, 5) is 14.9. The van der Waals surface area contributed by atoms with E-state index >= 15 is 0 Å². The number of ether oxygens (including phenoxy) is 1. The van der Waals surface area contributed by atoms with Gasteiger partial charge in [0.15, 0.2) is 6.10 Å². The molecule has 0 spiro atoms. The van der Waals surface area contributed by atoms with Crippen molar-refractivity contribution in [1.29, 1.82) is 0 Å². The summed E-state index contributed by atoms with van der Waals surface area (Å²) in [5, 5.41) is 0. The van der Waals surface area contributed by atoms with Crippen LogP contribution >= 0.6 is 0 Å². The van der Waals surface area contributed by atoms with Gasteiger partial charge in [0, 0.05) is 25.7 Å². The van der Waals surface area contributed by atoms with Gasteiger partial charge in [-0.05, 0) is 36.8 Å². The molecule has 1 aromatic carbocycles. The topological polar surface area (TPSA) is 66.9 Å². The van der Waals surface area contributed by atoms with Crippen LogP contribution in [0.5, 0.6) is 0 Å². The number of amides is 1. The molecule has 0 radical (unpaired) electrons. The van der Waals surface area contributed by atoms with Gasteiger partial charge in [-0.2, -0.15) is 4.31 Å². The lowest BCUT2D eigenvalue weighted by Gasteiger charge is -2.38. The van der Waals surface area contributed by atoms with Gasteiger partial charge < -0.3 is 9.64 Å². The van der Waals surface area contributed by atoms with E-state index in [0.717, 1.165) is 24.8 Å². The number of carbonyl (C=O) groups is 1. The van der Waals surface area contributed by atoms with Gasteiger partial charge in [0.1, 0.15) is 0 Å². The SMILES string of the molecule is O=C(C1OCCc2ccccc21)N1CCCC(N2CCCS2(=O)=O)C1. The van der Waals surface area contributed by atoms with E-state index in [1.54, 1.807) is 9.21 Å². The van der Waals surface area contributed by atoms with Crippen LogP contribution in [0.25, 0.3) is 0 Å². The van der Waals surface area contributed by atoms with Gasteiger partial charge in [-0.1, -0.05) is 24.3 Å². The molecular weight excluding hydrogens is 340 g/mol. The lowest BCUT2D eigenvalue weighted by Crippen LogP contribution is -2.51. The van der Waals surface area contributed by atoms with Gasteiger partial charge in [0.2, 0.25) is 10.0 Å². The Morgan fingerprint density at radius 3 is 2.80 bits per heavy atom. The van der Waals surface area contributed by atoms with Crippen LogP contribution in [0.3, 0.4) is 0 Å². The van der Waals surface area contributed by atoms with Crippen molar-refractivity contribution in [1.82, 2.24) is 9.21 Å². The number of benzene rings is 1. The first-order valence-corrected chi connectivity index (χ1v) is 10.6. The van der Waals surface area contributed by atoms with Crippen molar-refractivity contribution in [3.8, 4) is 0 Å². The third-order valence-corrected chi connectivity index (χ3v) is 7.47. The molecule has 2 atom stereocenters. The van der Waals surface area contributed by atoms with Crippen molar-refractivity contribution in [2.24, 2.45) is 0 Å². The minimum absolute atomic E-state index is 0.0338. The number of piperidine rings is 1. The Balaban J connectivity index is 1.51. The number of nitrogens with zero attached hydrogens (tertiary/aromatic N) is 2. The zero-order chi connectivity index (χ0) is 17.4. The van der Waals surface area contributed by atoms with Gasteiger partial charge in [-0.15, -0.1) is 0 Å². The second-order valence-electron chi connectivity index (χ2n) is 7.06. The highest BCUT2D eigenvalue weighted by Crippen LogP contribution is 2.31. The van der Waals surface area contributed by atoms with Crippen LogP contribution in [-0.2, 0) is 26.0 Å². The first kappa shape index (κ1) is 17.0. The number of rotatable bonds is 2. The van der Waals surface area contributed by atoms with Crippen LogP contribution in [-0.4, -0.2) is 61.6 Å². The van der Waals surface area contributed by atoms with Gasteiger partial charge in [0.25, 0.3) is 5.91 Å². The normalized spacial score (nSPS) is 29.4. The minimum atomic E-state index is -3.15. The number of hydrogen-bond acceptors (Lipinski definition) is 4. The molecule has 3 heterocycles. The Kier molecular flexibility index (Phi) is 4.56. The number of carbonyl (C=O) groups excluding carboxylic acids is 1. The summed E-state index contributed by atoms with van der Waals surface area (Å²) in [6.45, 7) is 2.27. The van der Waals surface area contributed by atoms with Gasteiger partial charge >= 0.3 is 0 Å². The van der Waals surface area contributed by atoms with Crippen molar-refractivity contribution in [2.45, 2.75) is 37.8 Å². The van der Waals surface area contributed by atoms with E-state index in [-0.39, 0.29) is 17.7 Å². The molecule has 136 valence electrons. The summed E-state index contributed by atoms with van der Waals surface area (Å²) in [6.07, 6.45) is 2.61. The third-order valence-electron chi connectivity index (χ3n) is 5.47. The number of hydrogen-bond donors (Lipinski definition) is 0. The number of fused-ring (bicyclic) bond motifs is 1. The van der Waals surface area contributed by atoms with Gasteiger partial charge in [-0.3, -0.25) is 4.79 Å². The molecule has 25 heavy (non-hydrogen) atoms. The molecule has 6 nitrogen and oxygen atoms in total. The van der Waals surface area contributed by atoms with Crippen molar-refractivity contribution in [2.75, 3.05) is 32.0 Å². The van der Waals surface area contributed by atoms with Crippen LogP contribution < -0.4 is 0 Å². The fourth-order valence-electron chi connectivity index (χ4n) is 4.22. The molecule has 1 amide bonds. The molecule has 0 aromatic heterocycles. The summed E-state index contributed by atoms with van der Waals surface area (Å²) in [6, 6.07) is 7.84. The molecule has 3 aliphatic heterocycles. The number of sulfonamides is 1. The van der Waals surface area contributed by atoms with E-state index in [1.807, 2.05) is 24.3 Å². The largest absolute Gasteiger partial charge is 0.363 e. The number of likely N-dealkylation sites (tertiary alicyclic amines) is 1. The highest BCUT2D eigenvalue weighted by atomic mass is 32.2. The Labute approximate surface area is 148 Å². The Morgan fingerprint density at radius 1 is 1.16 bits per heavy atom. The van der Waals surface area contributed by atoms with E-state index < -0.39 is 16.1 Å². The predicted octanol–water partition coefficient (Wildman–Crippen LogP) is 1.33. The molecule has 7 heteroatoms. The molecule has 3 aliphatic rings. The van der Waals surface area contributed by atoms with Crippen molar-refractivity contribution in [3.05, 3.63) is 35.4 Å². The summed E-state index contributed by atoms with van der Waals surface area (Å²) in [7, 11) is -3.15. The monoisotopic (exact) mass is 364 g/mol. The van der Waals surface area contributed by atoms with Gasteiger partial charge in [0.05, 0.1) is 12.4 Å². The fraction of sp³-hybridized carbons (Fsp3) is 0.611. The van der Waals surface area contributed by atoms with E-state index in [1.165, 1.54) is 5.56 Å².